The molecule has 0 spiro atoms. The number of anilines is 2. The summed E-state index contributed by atoms with van der Waals surface area (Å²) in [4.78, 5) is 32.2. The van der Waals surface area contributed by atoms with Gasteiger partial charge in [0.15, 0.2) is 0 Å². The molecule has 4 N–H and O–H groups in total. The summed E-state index contributed by atoms with van der Waals surface area (Å²) in [5, 5.41) is 25.3. The molecular weight excluding hydrogens is 456 g/mol. The third kappa shape index (κ3) is 5.26. The maximum absolute atomic E-state index is 13.5. The lowest BCUT2D eigenvalue weighted by Crippen LogP contribution is -2.50. The molecule has 0 saturated carbocycles. The molecule has 0 fully saturated rings. The van der Waals surface area contributed by atoms with Crippen LogP contribution in [0.15, 0.2) is 83.9 Å². The summed E-state index contributed by atoms with van der Waals surface area (Å²) in [5.74, 6) is -0.544. The second-order valence-electron chi connectivity index (χ2n) is 7.65. The van der Waals surface area contributed by atoms with E-state index in [1.54, 1.807) is 36.4 Å². The maximum atomic E-state index is 13.5. The second-order valence-corrected chi connectivity index (χ2v) is 8.09. The van der Waals surface area contributed by atoms with E-state index in [2.05, 4.69) is 15.6 Å². The number of aliphatic imine (C=N–C) groups is 1. The van der Waals surface area contributed by atoms with Gasteiger partial charge in [0.25, 0.3) is 5.91 Å². The lowest BCUT2D eigenvalue weighted by molar-refractivity contribution is -0.120. The fourth-order valence-electron chi connectivity index (χ4n) is 3.63. The van der Waals surface area contributed by atoms with Crippen molar-refractivity contribution >= 4 is 40.6 Å². The third-order valence-electron chi connectivity index (χ3n) is 5.23. The molecule has 3 aromatic carbocycles. The molecule has 1 aliphatic rings. The summed E-state index contributed by atoms with van der Waals surface area (Å²) in [7, 11) is 0. The van der Waals surface area contributed by atoms with Crippen molar-refractivity contribution in [3.63, 3.8) is 0 Å². The predicted octanol–water partition coefficient (Wildman–Crippen LogP) is 3.03. The van der Waals surface area contributed by atoms with Gasteiger partial charge in [-0.25, -0.2) is 9.79 Å². The molecule has 0 bridgehead atoms. The van der Waals surface area contributed by atoms with Gasteiger partial charge in [0.1, 0.15) is 0 Å². The SMILES string of the molecule is O=C(Nc1ccc(Cl)cc1)NC1N=C(c2ccccc2)c2ccccc2N(CC(O)CO)C1=O. The van der Waals surface area contributed by atoms with E-state index in [4.69, 9.17) is 11.6 Å². The van der Waals surface area contributed by atoms with Gasteiger partial charge < -0.3 is 25.7 Å². The van der Waals surface area contributed by atoms with E-state index in [1.807, 2.05) is 42.5 Å². The Labute approximate surface area is 201 Å². The quantitative estimate of drug-likeness (QED) is 0.436. The van der Waals surface area contributed by atoms with Crippen molar-refractivity contribution in [2.24, 2.45) is 4.99 Å². The number of halogens is 1. The number of benzodiazepines with no additional fused rings is 1. The molecule has 3 amide bonds. The van der Waals surface area contributed by atoms with Gasteiger partial charge in [0, 0.05) is 21.8 Å². The molecule has 34 heavy (non-hydrogen) atoms. The van der Waals surface area contributed by atoms with Crippen LogP contribution < -0.4 is 15.5 Å². The number of hydrogen-bond acceptors (Lipinski definition) is 5. The zero-order valence-corrected chi connectivity index (χ0v) is 18.8. The Balaban J connectivity index is 1.72. The topological polar surface area (TPSA) is 114 Å². The Hall–Kier alpha value is -3.72. The van der Waals surface area contributed by atoms with Crippen LogP contribution in [0.5, 0.6) is 0 Å². The minimum atomic E-state index is -1.28. The number of urea groups is 1. The number of aliphatic hydroxyl groups excluding tert-OH is 2. The number of amides is 3. The normalized spacial score (nSPS) is 16.2. The Kier molecular flexibility index (Phi) is 7.22. The van der Waals surface area contributed by atoms with Gasteiger partial charge in [-0.15, -0.1) is 0 Å². The summed E-state index contributed by atoms with van der Waals surface area (Å²) in [6, 6.07) is 22.4. The second kappa shape index (κ2) is 10.5. The molecule has 9 heteroatoms. The molecule has 1 aliphatic heterocycles. The lowest BCUT2D eigenvalue weighted by Gasteiger charge is -2.27. The van der Waals surface area contributed by atoms with Gasteiger partial charge in [0.2, 0.25) is 6.17 Å². The highest BCUT2D eigenvalue weighted by Gasteiger charge is 2.34. The first-order valence-electron chi connectivity index (χ1n) is 10.6. The Morgan fingerprint density at radius 1 is 1.03 bits per heavy atom. The lowest BCUT2D eigenvalue weighted by atomic mass is 10.00. The fraction of sp³-hybridized carbons (Fsp3) is 0.160. The van der Waals surface area contributed by atoms with E-state index in [0.29, 0.717) is 27.7 Å². The van der Waals surface area contributed by atoms with Crippen LogP contribution in [0.3, 0.4) is 0 Å². The summed E-state index contributed by atoms with van der Waals surface area (Å²) in [5.41, 5.74) is 2.95. The molecule has 3 aromatic rings. The number of carbonyl (C=O) groups excluding carboxylic acids is 2. The molecule has 0 radical (unpaired) electrons. The molecule has 0 aliphatic carbocycles. The summed E-state index contributed by atoms with van der Waals surface area (Å²) in [6.07, 6.45) is -2.44. The number of nitrogens with zero attached hydrogens (tertiary/aromatic N) is 2. The molecule has 0 aromatic heterocycles. The predicted molar refractivity (Wildman–Crippen MR) is 131 cm³/mol. The van der Waals surface area contributed by atoms with Crippen molar-refractivity contribution < 1.29 is 19.8 Å². The maximum Gasteiger partial charge on any atom is 0.321 e. The van der Waals surface area contributed by atoms with Crippen molar-refractivity contribution in [3.8, 4) is 0 Å². The number of carbonyl (C=O) groups is 2. The molecule has 8 nitrogen and oxygen atoms in total. The van der Waals surface area contributed by atoms with Gasteiger partial charge >= 0.3 is 6.03 Å². The summed E-state index contributed by atoms with van der Waals surface area (Å²) >= 11 is 5.89. The van der Waals surface area contributed by atoms with Crippen LogP contribution in [0.1, 0.15) is 11.1 Å². The van der Waals surface area contributed by atoms with Crippen molar-refractivity contribution in [1.82, 2.24) is 5.32 Å². The van der Waals surface area contributed by atoms with Gasteiger partial charge in [-0.3, -0.25) is 4.79 Å². The number of β-amino-alcohol motifs (C(OH)–C–C–N with tert-alkyl or cyclic N) is 1. The Morgan fingerprint density at radius 2 is 1.71 bits per heavy atom. The molecule has 2 atom stereocenters. The minimum absolute atomic E-state index is 0.166. The Bertz CT molecular complexity index is 1200. The van der Waals surface area contributed by atoms with Crippen LogP contribution >= 0.6 is 11.6 Å². The largest absolute Gasteiger partial charge is 0.394 e. The van der Waals surface area contributed by atoms with Crippen molar-refractivity contribution in [2.45, 2.75) is 12.3 Å². The van der Waals surface area contributed by atoms with Crippen LogP contribution in [0.4, 0.5) is 16.2 Å². The van der Waals surface area contributed by atoms with Crippen LogP contribution in [0.2, 0.25) is 5.02 Å². The Morgan fingerprint density at radius 3 is 2.41 bits per heavy atom. The van der Waals surface area contributed by atoms with Crippen molar-refractivity contribution in [2.75, 3.05) is 23.4 Å². The monoisotopic (exact) mass is 478 g/mol. The van der Waals surface area contributed by atoms with Gasteiger partial charge in [-0.1, -0.05) is 60.1 Å². The van der Waals surface area contributed by atoms with Gasteiger partial charge in [0.05, 0.1) is 30.7 Å². The first-order valence-corrected chi connectivity index (χ1v) is 11.0. The highest BCUT2D eigenvalue weighted by Crippen LogP contribution is 2.28. The van der Waals surface area contributed by atoms with E-state index >= 15 is 0 Å². The van der Waals surface area contributed by atoms with Crippen molar-refractivity contribution in [3.05, 3.63) is 95.0 Å². The first-order chi connectivity index (χ1) is 16.5. The molecule has 1 heterocycles. The minimum Gasteiger partial charge on any atom is -0.394 e. The molecule has 4 rings (SSSR count). The van der Waals surface area contributed by atoms with Crippen LogP contribution in [0, 0.1) is 0 Å². The van der Waals surface area contributed by atoms with E-state index in [0.717, 1.165) is 5.56 Å². The average Bonchev–Trinajstić information content (AvgIpc) is 2.96. The number of rotatable bonds is 6. The average molecular weight is 479 g/mol. The van der Waals surface area contributed by atoms with E-state index in [-0.39, 0.29) is 6.54 Å². The summed E-state index contributed by atoms with van der Waals surface area (Å²) in [6.45, 7) is -0.686. The standard InChI is InChI=1S/C25H23ClN4O4/c26-17-10-12-18(13-11-17)27-25(34)29-23-24(33)30(14-19(32)15-31)21-9-5-4-8-20(21)22(28-23)16-6-2-1-3-7-16/h1-13,19,23,31-32H,14-15H2,(H2,27,29,34). The zero-order chi connectivity index (χ0) is 24.1. The number of nitrogens with one attached hydrogen (secondary N) is 2. The summed E-state index contributed by atoms with van der Waals surface area (Å²) < 4.78 is 0. The molecular formula is C25H23ClN4O4. The van der Waals surface area contributed by atoms with E-state index in [1.165, 1.54) is 4.90 Å². The van der Waals surface area contributed by atoms with Crippen LogP contribution in [-0.4, -0.2) is 53.3 Å². The molecule has 0 saturated heterocycles. The molecule has 2 unspecified atom stereocenters. The molecule has 174 valence electrons. The highest BCUT2D eigenvalue weighted by atomic mass is 35.5. The van der Waals surface area contributed by atoms with Crippen molar-refractivity contribution in [1.29, 1.82) is 0 Å². The van der Waals surface area contributed by atoms with Gasteiger partial charge in [-0.05, 0) is 30.3 Å². The zero-order valence-electron chi connectivity index (χ0n) is 18.1. The first kappa shape index (κ1) is 23.4. The van der Waals surface area contributed by atoms with E-state index in [9.17, 15) is 19.8 Å². The van der Waals surface area contributed by atoms with Crippen LogP contribution in [0.25, 0.3) is 0 Å². The smallest absolute Gasteiger partial charge is 0.321 e. The highest BCUT2D eigenvalue weighted by molar-refractivity contribution is 6.30. The number of fused-ring (bicyclic) bond motifs is 1. The number of benzene rings is 3. The number of hydrogen-bond donors (Lipinski definition) is 4. The number of para-hydroxylation sites is 1. The fourth-order valence-corrected chi connectivity index (χ4v) is 3.76. The van der Waals surface area contributed by atoms with E-state index < -0.39 is 30.8 Å². The number of aliphatic hydroxyl groups is 2. The third-order valence-corrected chi connectivity index (χ3v) is 5.48. The van der Waals surface area contributed by atoms with Gasteiger partial charge in [-0.2, -0.15) is 0 Å². The van der Waals surface area contributed by atoms with Crippen LogP contribution in [-0.2, 0) is 4.79 Å².